The number of halogens is 1. The SMILES string of the molecule is Cc1ccn(-c2ccc(OCc3c(C)cccc3N)c(F)c2)n1. The molecule has 0 aliphatic rings. The van der Waals surface area contributed by atoms with Gasteiger partial charge in [0.15, 0.2) is 11.6 Å². The van der Waals surface area contributed by atoms with Crippen LogP contribution < -0.4 is 10.5 Å². The van der Waals surface area contributed by atoms with E-state index in [0.29, 0.717) is 11.4 Å². The third-order valence-electron chi connectivity index (χ3n) is 3.72. The summed E-state index contributed by atoms with van der Waals surface area (Å²) in [5.41, 5.74) is 10.0. The number of nitrogens with two attached hydrogens (primary N) is 1. The van der Waals surface area contributed by atoms with Crippen LogP contribution in [0, 0.1) is 19.7 Å². The van der Waals surface area contributed by atoms with Crippen LogP contribution in [0.3, 0.4) is 0 Å². The Kier molecular flexibility index (Phi) is 4.02. The maximum atomic E-state index is 14.2. The summed E-state index contributed by atoms with van der Waals surface area (Å²) in [4.78, 5) is 0. The van der Waals surface area contributed by atoms with Gasteiger partial charge in [-0.3, -0.25) is 0 Å². The van der Waals surface area contributed by atoms with Crippen LogP contribution in [0.1, 0.15) is 16.8 Å². The second-order valence-electron chi connectivity index (χ2n) is 5.45. The van der Waals surface area contributed by atoms with E-state index in [1.807, 2.05) is 38.1 Å². The molecule has 0 unspecified atom stereocenters. The van der Waals surface area contributed by atoms with Gasteiger partial charge in [-0.2, -0.15) is 5.10 Å². The summed E-state index contributed by atoms with van der Waals surface area (Å²) in [6.45, 7) is 4.07. The quantitative estimate of drug-likeness (QED) is 0.746. The molecule has 2 N–H and O–H groups in total. The molecule has 2 aromatic carbocycles. The van der Waals surface area contributed by atoms with Gasteiger partial charge in [0.1, 0.15) is 6.61 Å². The standard InChI is InChI=1S/C18H18FN3O/c1-12-4-3-5-17(20)15(12)11-23-18-7-6-14(10-16(18)19)22-9-8-13(2)21-22/h3-10H,11,20H2,1-2H3. The summed E-state index contributed by atoms with van der Waals surface area (Å²) < 4.78 is 21.5. The topological polar surface area (TPSA) is 53.1 Å². The maximum Gasteiger partial charge on any atom is 0.167 e. The van der Waals surface area contributed by atoms with Crippen molar-refractivity contribution in [1.82, 2.24) is 9.78 Å². The Morgan fingerprint density at radius 3 is 2.65 bits per heavy atom. The lowest BCUT2D eigenvalue weighted by Gasteiger charge is -2.12. The van der Waals surface area contributed by atoms with E-state index in [0.717, 1.165) is 16.8 Å². The molecule has 4 nitrogen and oxygen atoms in total. The van der Waals surface area contributed by atoms with Crippen LogP contribution in [-0.2, 0) is 6.61 Å². The zero-order chi connectivity index (χ0) is 16.4. The van der Waals surface area contributed by atoms with Gasteiger partial charge in [0.05, 0.1) is 11.4 Å². The molecule has 0 atom stereocenters. The fourth-order valence-electron chi connectivity index (χ4n) is 2.38. The van der Waals surface area contributed by atoms with E-state index >= 15 is 0 Å². The van der Waals surface area contributed by atoms with Crippen molar-refractivity contribution < 1.29 is 9.13 Å². The predicted molar refractivity (Wildman–Crippen MR) is 88.2 cm³/mol. The zero-order valence-corrected chi connectivity index (χ0v) is 13.1. The van der Waals surface area contributed by atoms with Crippen molar-refractivity contribution in [3.8, 4) is 11.4 Å². The molecule has 3 aromatic rings. The van der Waals surface area contributed by atoms with Crippen LogP contribution in [0.5, 0.6) is 5.75 Å². The lowest BCUT2D eigenvalue weighted by Crippen LogP contribution is -2.04. The minimum atomic E-state index is -0.428. The average Bonchev–Trinajstić information content (AvgIpc) is 2.94. The van der Waals surface area contributed by atoms with Crippen molar-refractivity contribution >= 4 is 5.69 Å². The van der Waals surface area contributed by atoms with E-state index in [2.05, 4.69) is 5.10 Å². The Balaban J connectivity index is 1.79. The average molecular weight is 311 g/mol. The van der Waals surface area contributed by atoms with Gasteiger partial charge in [-0.25, -0.2) is 9.07 Å². The van der Waals surface area contributed by atoms with Gasteiger partial charge in [-0.1, -0.05) is 12.1 Å². The Morgan fingerprint density at radius 2 is 2.00 bits per heavy atom. The first-order valence-corrected chi connectivity index (χ1v) is 7.33. The van der Waals surface area contributed by atoms with E-state index in [9.17, 15) is 4.39 Å². The molecule has 118 valence electrons. The third-order valence-corrected chi connectivity index (χ3v) is 3.72. The highest BCUT2D eigenvalue weighted by molar-refractivity contribution is 5.50. The molecule has 5 heteroatoms. The van der Waals surface area contributed by atoms with Gasteiger partial charge in [-0.15, -0.1) is 0 Å². The molecule has 0 fully saturated rings. The molecular formula is C18H18FN3O. The number of nitrogen functional groups attached to an aromatic ring is 1. The van der Waals surface area contributed by atoms with Crippen LogP contribution in [0.15, 0.2) is 48.7 Å². The first-order chi connectivity index (χ1) is 11.0. The smallest absolute Gasteiger partial charge is 0.167 e. The Labute approximate surface area is 134 Å². The lowest BCUT2D eigenvalue weighted by molar-refractivity contribution is 0.290. The molecule has 0 amide bonds. The van der Waals surface area contributed by atoms with Crippen molar-refractivity contribution in [2.24, 2.45) is 0 Å². The molecular weight excluding hydrogens is 293 g/mol. The van der Waals surface area contributed by atoms with E-state index in [1.165, 1.54) is 6.07 Å². The summed E-state index contributed by atoms with van der Waals surface area (Å²) >= 11 is 0. The molecule has 0 spiro atoms. The molecule has 3 rings (SSSR count). The van der Waals surface area contributed by atoms with Crippen LogP contribution >= 0.6 is 0 Å². The van der Waals surface area contributed by atoms with Gasteiger partial charge in [0, 0.05) is 23.5 Å². The maximum absolute atomic E-state index is 14.2. The minimum Gasteiger partial charge on any atom is -0.486 e. The molecule has 0 radical (unpaired) electrons. The Morgan fingerprint density at radius 1 is 1.17 bits per heavy atom. The van der Waals surface area contributed by atoms with Crippen molar-refractivity contribution in [2.45, 2.75) is 20.5 Å². The predicted octanol–water partition coefficient (Wildman–Crippen LogP) is 3.79. The van der Waals surface area contributed by atoms with Crippen molar-refractivity contribution in [3.63, 3.8) is 0 Å². The van der Waals surface area contributed by atoms with Crippen LogP contribution in [0.2, 0.25) is 0 Å². The van der Waals surface area contributed by atoms with Crippen molar-refractivity contribution in [2.75, 3.05) is 5.73 Å². The van der Waals surface area contributed by atoms with Crippen LogP contribution in [-0.4, -0.2) is 9.78 Å². The Bertz CT molecular complexity index is 822. The van der Waals surface area contributed by atoms with Gasteiger partial charge in [-0.05, 0) is 43.7 Å². The molecule has 0 aliphatic heterocycles. The summed E-state index contributed by atoms with van der Waals surface area (Å²) in [6, 6.07) is 12.3. The molecule has 0 saturated carbocycles. The van der Waals surface area contributed by atoms with E-state index in [4.69, 9.17) is 10.5 Å². The normalized spacial score (nSPS) is 10.7. The zero-order valence-electron chi connectivity index (χ0n) is 13.1. The van der Waals surface area contributed by atoms with Crippen LogP contribution in [0.4, 0.5) is 10.1 Å². The summed E-state index contributed by atoms with van der Waals surface area (Å²) in [6.07, 6.45) is 1.79. The van der Waals surface area contributed by atoms with Gasteiger partial charge in [0.2, 0.25) is 0 Å². The highest BCUT2D eigenvalue weighted by atomic mass is 19.1. The largest absolute Gasteiger partial charge is 0.486 e. The van der Waals surface area contributed by atoms with Crippen molar-refractivity contribution in [3.05, 3.63) is 71.3 Å². The van der Waals surface area contributed by atoms with Gasteiger partial charge in [0.25, 0.3) is 0 Å². The lowest BCUT2D eigenvalue weighted by atomic mass is 10.1. The first kappa shape index (κ1) is 15.1. The van der Waals surface area contributed by atoms with Crippen molar-refractivity contribution in [1.29, 1.82) is 0 Å². The monoisotopic (exact) mass is 311 g/mol. The molecule has 1 aromatic heterocycles. The summed E-state index contributed by atoms with van der Waals surface area (Å²) in [5.74, 6) is -0.233. The number of nitrogens with zero attached hydrogens (tertiary/aromatic N) is 2. The number of aromatic nitrogens is 2. The number of aryl methyl sites for hydroxylation is 2. The second kappa shape index (κ2) is 6.12. The first-order valence-electron chi connectivity index (χ1n) is 7.33. The number of hydrogen-bond acceptors (Lipinski definition) is 3. The van der Waals surface area contributed by atoms with E-state index in [1.54, 1.807) is 23.0 Å². The number of hydrogen-bond donors (Lipinski definition) is 1. The van der Waals surface area contributed by atoms with E-state index in [-0.39, 0.29) is 12.4 Å². The highest BCUT2D eigenvalue weighted by Crippen LogP contribution is 2.24. The fourth-order valence-corrected chi connectivity index (χ4v) is 2.38. The number of anilines is 1. The third kappa shape index (κ3) is 3.18. The number of rotatable bonds is 4. The minimum absolute atomic E-state index is 0.195. The fraction of sp³-hybridized carbons (Fsp3) is 0.167. The number of ether oxygens (including phenoxy) is 1. The van der Waals surface area contributed by atoms with Crippen LogP contribution in [0.25, 0.3) is 5.69 Å². The molecule has 0 bridgehead atoms. The Hall–Kier alpha value is -2.82. The van der Waals surface area contributed by atoms with Gasteiger partial charge < -0.3 is 10.5 Å². The molecule has 23 heavy (non-hydrogen) atoms. The molecule has 1 heterocycles. The molecule has 0 saturated heterocycles. The van der Waals surface area contributed by atoms with Gasteiger partial charge >= 0.3 is 0 Å². The number of benzene rings is 2. The summed E-state index contributed by atoms with van der Waals surface area (Å²) in [7, 11) is 0. The second-order valence-corrected chi connectivity index (χ2v) is 5.45. The van der Waals surface area contributed by atoms with E-state index < -0.39 is 5.82 Å². The highest BCUT2D eigenvalue weighted by Gasteiger charge is 2.09. The molecule has 0 aliphatic carbocycles. The summed E-state index contributed by atoms with van der Waals surface area (Å²) in [5, 5.41) is 4.26.